The van der Waals surface area contributed by atoms with Crippen molar-refractivity contribution in [3.8, 4) is 0 Å². The Hall–Kier alpha value is -2.79. The molecule has 0 saturated heterocycles. The molecule has 2 N–H and O–H groups in total. The number of carbonyl (C=O) groups excluding carboxylic acids is 2. The molecule has 25 heavy (non-hydrogen) atoms. The molecule has 0 fully saturated rings. The number of rotatable bonds is 6. The summed E-state index contributed by atoms with van der Waals surface area (Å²) in [6.45, 7) is 0. The summed E-state index contributed by atoms with van der Waals surface area (Å²) in [5, 5.41) is 7.80. The van der Waals surface area contributed by atoms with Gasteiger partial charge in [-0.25, -0.2) is 0 Å². The summed E-state index contributed by atoms with van der Waals surface area (Å²) in [7, 11) is 0. The van der Waals surface area contributed by atoms with Gasteiger partial charge in [-0.05, 0) is 23.6 Å². The number of carbonyl (C=O) groups is 2. The van der Waals surface area contributed by atoms with Crippen molar-refractivity contribution in [3.05, 3.63) is 72.8 Å². The SMILES string of the molecule is O=C(CSCC(=O)Nc1cccc2ccccc12)Nc1ccccc1. The predicted octanol–water partition coefficient (Wildman–Crippen LogP) is 4.15. The van der Waals surface area contributed by atoms with Gasteiger partial charge in [0.1, 0.15) is 0 Å². The van der Waals surface area contributed by atoms with Crippen LogP contribution in [0.15, 0.2) is 72.8 Å². The molecule has 2 amide bonds. The molecule has 3 aromatic carbocycles. The molecule has 3 aromatic rings. The van der Waals surface area contributed by atoms with Gasteiger partial charge in [-0.15, -0.1) is 11.8 Å². The van der Waals surface area contributed by atoms with E-state index in [1.54, 1.807) is 0 Å². The molecule has 0 aliphatic rings. The Kier molecular flexibility index (Phi) is 5.69. The Labute approximate surface area is 150 Å². The van der Waals surface area contributed by atoms with Crippen molar-refractivity contribution in [3.63, 3.8) is 0 Å². The van der Waals surface area contributed by atoms with E-state index in [1.807, 2.05) is 72.8 Å². The van der Waals surface area contributed by atoms with Crippen LogP contribution < -0.4 is 10.6 Å². The standard InChI is InChI=1S/C20H18N2O2S/c23-19(21-16-9-2-1-3-10-16)13-25-14-20(24)22-18-12-6-8-15-7-4-5-11-17(15)18/h1-12H,13-14H2,(H,21,23)(H,22,24). The van der Waals surface area contributed by atoms with Crippen molar-refractivity contribution >= 4 is 45.7 Å². The smallest absolute Gasteiger partial charge is 0.234 e. The number of para-hydroxylation sites is 1. The van der Waals surface area contributed by atoms with Crippen molar-refractivity contribution < 1.29 is 9.59 Å². The molecule has 126 valence electrons. The summed E-state index contributed by atoms with van der Waals surface area (Å²) in [5.74, 6) is 0.228. The van der Waals surface area contributed by atoms with Gasteiger partial charge in [0.2, 0.25) is 11.8 Å². The molecular weight excluding hydrogens is 332 g/mol. The zero-order valence-corrected chi connectivity index (χ0v) is 14.4. The van der Waals surface area contributed by atoms with Gasteiger partial charge in [-0.3, -0.25) is 9.59 Å². The Bertz CT molecular complexity index is 876. The van der Waals surface area contributed by atoms with Crippen molar-refractivity contribution in [2.45, 2.75) is 0 Å². The van der Waals surface area contributed by atoms with E-state index in [0.29, 0.717) is 0 Å². The topological polar surface area (TPSA) is 58.2 Å². The first-order valence-electron chi connectivity index (χ1n) is 7.92. The predicted molar refractivity (Wildman–Crippen MR) is 105 cm³/mol. The van der Waals surface area contributed by atoms with E-state index in [4.69, 9.17) is 0 Å². The summed E-state index contributed by atoms with van der Waals surface area (Å²) in [4.78, 5) is 24.0. The summed E-state index contributed by atoms with van der Waals surface area (Å²) in [5.41, 5.74) is 1.55. The molecule has 0 radical (unpaired) electrons. The van der Waals surface area contributed by atoms with E-state index < -0.39 is 0 Å². The lowest BCUT2D eigenvalue weighted by Gasteiger charge is -2.09. The van der Waals surface area contributed by atoms with Crippen LogP contribution >= 0.6 is 11.8 Å². The highest BCUT2D eigenvalue weighted by Gasteiger charge is 2.08. The second-order valence-electron chi connectivity index (χ2n) is 5.48. The van der Waals surface area contributed by atoms with Crippen LogP contribution in [0.25, 0.3) is 10.8 Å². The molecule has 0 heterocycles. The van der Waals surface area contributed by atoms with Crippen molar-refractivity contribution in [1.82, 2.24) is 0 Å². The van der Waals surface area contributed by atoms with Crippen LogP contribution in [0, 0.1) is 0 Å². The molecule has 0 spiro atoms. The number of thioether (sulfide) groups is 1. The van der Waals surface area contributed by atoms with Gasteiger partial charge in [0, 0.05) is 16.8 Å². The van der Waals surface area contributed by atoms with Crippen LogP contribution in [0.5, 0.6) is 0 Å². The van der Waals surface area contributed by atoms with Crippen LogP contribution in [-0.2, 0) is 9.59 Å². The van der Waals surface area contributed by atoms with Crippen LogP contribution in [0.1, 0.15) is 0 Å². The quantitative estimate of drug-likeness (QED) is 0.702. The van der Waals surface area contributed by atoms with Gasteiger partial charge in [0.05, 0.1) is 11.5 Å². The maximum absolute atomic E-state index is 12.1. The van der Waals surface area contributed by atoms with Crippen LogP contribution in [0.4, 0.5) is 11.4 Å². The van der Waals surface area contributed by atoms with Crippen molar-refractivity contribution in [1.29, 1.82) is 0 Å². The van der Waals surface area contributed by atoms with Crippen molar-refractivity contribution in [2.75, 3.05) is 22.1 Å². The largest absolute Gasteiger partial charge is 0.325 e. The fourth-order valence-electron chi connectivity index (χ4n) is 2.48. The summed E-state index contributed by atoms with van der Waals surface area (Å²) >= 11 is 1.29. The maximum atomic E-state index is 12.1. The fourth-order valence-corrected chi connectivity index (χ4v) is 3.09. The third kappa shape index (κ3) is 4.84. The van der Waals surface area contributed by atoms with Gasteiger partial charge in [0.15, 0.2) is 0 Å². The molecule has 4 nitrogen and oxygen atoms in total. The molecule has 0 aliphatic carbocycles. The first-order valence-corrected chi connectivity index (χ1v) is 9.08. The Morgan fingerprint density at radius 3 is 2.16 bits per heavy atom. The highest BCUT2D eigenvalue weighted by atomic mass is 32.2. The normalized spacial score (nSPS) is 10.4. The minimum absolute atomic E-state index is 0.117. The number of hydrogen-bond donors (Lipinski definition) is 2. The second kappa shape index (κ2) is 8.35. The van der Waals surface area contributed by atoms with Gasteiger partial charge in [0.25, 0.3) is 0 Å². The highest BCUT2D eigenvalue weighted by molar-refractivity contribution is 8.00. The van der Waals surface area contributed by atoms with E-state index >= 15 is 0 Å². The maximum Gasteiger partial charge on any atom is 0.234 e. The molecule has 3 rings (SSSR count). The monoisotopic (exact) mass is 350 g/mol. The molecule has 0 aliphatic heterocycles. The van der Waals surface area contributed by atoms with E-state index in [2.05, 4.69) is 10.6 Å². The van der Waals surface area contributed by atoms with E-state index in [0.717, 1.165) is 22.1 Å². The Morgan fingerprint density at radius 1 is 0.720 bits per heavy atom. The number of hydrogen-bond acceptors (Lipinski definition) is 3. The zero-order chi connectivity index (χ0) is 17.5. The average Bonchev–Trinajstić information content (AvgIpc) is 2.63. The van der Waals surface area contributed by atoms with E-state index in [-0.39, 0.29) is 23.3 Å². The van der Waals surface area contributed by atoms with Gasteiger partial charge < -0.3 is 10.6 Å². The van der Waals surface area contributed by atoms with Gasteiger partial charge in [-0.1, -0.05) is 54.6 Å². The Morgan fingerprint density at radius 2 is 1.36 bits per heavy atom. The minimum atomic E-state index is -0.117. The number of benzene rings is 3. The lowest BCUT2D eigenvalue weighted by Crippen LogP contribution is -2.18. The average molecular weight is 350 g/mol. The number of fused-ring (bicyclic) bond motifs is 1. The first-order chi connectivity index (χ1) is 12.2. The molecule has 0 unspecified atom stereocenters. The summed E-state index contributed by atoms with van der Waals surface area (Å²) in [6, 6.07) is 23.0. The molecule has 0 aromatic heterocycles. The minimum Gasteiger partial charge on any atom is -0.325 e. The van der Waals surface area contributed by atoms with Gasteiger partial charge in [-0.2, -0.15) is 0 Å². The lowest BCUT2D eigenvalue weighted by atomic mass is 10.1. The van der Waals surface area contributed by atoms with Gasteiger partial charge >= 0.3 is 0 Å². The third-order valence-corrected chi connectivity index (χ3v) is 4.52. The highest BCUT2D eigenvalue weighted by Crippen LogP contribution is 2.23. The van der Waals surface area contributed by atoms with Crippen molar-refractivity contribution in [2.24, 2.45) is 0 Å². The third-order valence-electron chi connectivity index (χ3n) is 3.59. The number of anilines is 2. The molecule has 0 bridgehead atoms. The van der Waals surface area contributed by atoms with Crippen LogP contribution in [-0.4, -0.2) is 23.3 Å². The Balaban J connectivity index is 1.49. The molecule has 5 heteroatoms. The van der Waals surface area contributed by atoms with Crippen LogP contribution in [0.3, 0.4) is 0 Å². The first kappa shape index (κ1) is 17.0. The lowest BCUT2D eigenvalue weighted by molar-refractivity contribution is -0.114. The number of amides is 2. The zero-order valence-electron chi connectivity index (χ0n) is 13.6. The second-order valence-corrected chi connectivity index (χ2v) is 6.47. The van der Waals surface area contributed by atoms with E-state index in [1.165, 1.54) is 11.8 Å². The molecule has 0 atom stereocenters. The molecule has 0 saturated carbocycles. The number of nitrogens with one attached hydrogen (secondary N) is 2. The summed E-state index contributed by atoms with van der Waals surface area (Å²) in [6.07, 6.45) is 0. The van der Waals surface area contributed by atoms with E-state index in [9.17, 15) is 9.59 Å². The molecular formula is C20H18N2O2S. The fraction of sp³-hybridized carbons (Fsp3) is 0.100. The summed E-state index contributed by atoms with van der Waals surface area (Å²) < 4.78 is 0. The van der Waals surface area contributed by atoms with Crippen LogP contribution in [0.2, 0.25) is 0 Å².